The lowest BCUT2D eigenvalue weighted by molar-refractivity contribution is -0.137. The Labute approximate surface area is 129 Å². The average molecular weight is 307 g/mol. The fraction of sp³-hybridized carbons (Fsp3) is 0.400. The SMILES string of the molecule is CC(=O)Nc1cccc(NC(=O)NC(C)(C)CCC(=O)O)c1. The standard InChI is InChI=1S/C15H21N3O4/c1-10(19)16-11-5-4-6-12(9-11)17-14(22)18-15(2,3)8-7-13(20)21/h4-6,9H,7-8H2,1-3H3,(H,16,19)(H,20,21)(H2,17,18,22). The third kappa shape index (κ3) is 6.74. The van der Waals surface area contributed by atoms with Crippen LogP contribution < -0.4 is 16.0 Å². The van der Waals surface area contributed by atoms with Crippen LogP contribution in [-0.2, 0) is 9.59 Å². The quantitative estimate of drug-likeness (QED) is 0.647. The van der Waals surface area contributed by atoms with Gasteiger partial charge in [0.15, 0.2) is 0 Å². The molecule has 7 heteroatoms. The summed E-state index contributed by atoms with van der Waals surface area (Å²) in [4.78, 5) is 33.5. The third-order valence-electron chi connectivity index (χ3n) is 2.86. The van der Waals surface area contributed by atoms with E-state index in [1.807, 2.05) is 0 Å². The van der Waals surface area contributed by atoms with Crippen molar-refractivity contribution in [3.05, 3.63) is 24.3 Å². The van der Waals surface area contributed by atoms with E-state index in [4.69, 9.17) is 5.11 Å². The van der Waals surface area contributed by atoms with Crippen LogP contribution in [0.1, 0.15) is 33.6 Å². The highest BCUT2D eigenvalue weighted by atomic mass is 16.4. The van der Waals surface area contributed by atoms with Crippen LogP contribution in [0.3, 0.4) is 0 Å². The van der Waals surface area contributed by atoms with Gasteiger partial charge in [0.1, 0.15) is 0 Å². The first-order valence-corrected chi connectivity index (χ1v) is 6.86. The number of carboxylic acid groups (broad SMARTS) is 1. The van der Waals surface area contributed by atoms with Crippen molar-refractivity contribution in [2.45, 2.75) is 39.2 Å². The van der Waals surface area contributed by atoms with Crippen molar-refractivity contribution in [1.82, 2.24) is 5.32 Å². The van der Waals surface area contributed by atoms with E-state index in [1.165, 1.54) is 6.92 Å². The predicted octanol–water partition coefficient (Wildman–Crippen LogP) is 2.41. The molecule has 120 valence electrons. The lowest BCUT2D eigenvalue weighted by Crippen LogP contribution is -2.45. The number of benzene rings is 1. The summed E-state index contributed by atoms with van der Waals surface area (Å²) in [5.74, 6) is -1.10. The Morgan fingerprint density at radius 1 is 1.14 bits per heavy atom. The molecule has 0 fully saturated rings. The summed E-state index contributed by atoms with van der Waals surface area (Å²) in [5.41, 5.74) is 0.464. The maximum absolute atomic E-state index is 11.9. The number of nitrogens with one attached hydrogen (secondary N) is 3. The van der Waals surface area contributed by atoms with Crippen molar-refractivity contribution in [3.63, 3.8) is 0 Å². The molecule has 0 saturated carbocycles. The normalized spacial score (nSPS) is 10.7. The molecule has 1 rings (SSSR count). The average Bonchev–Trinajstić information content (AvgIpc) is 2.35. The van der Waals surface area contributed by atoms with Gasteiger partial charge in [-0.25, -0.2) is 4.79 Å². The zero-order chi connectivity index (χ0) is 16.8. The lowest BCUT2D eigenvalue weighted by atomic mass is 9.99. The van der Waals surface area contributed by atoms with Gasteiger partial charge in [-0.2, -0.15) is 0 Å². The van der Waals surface area contributed by atoms with Crippen LogP contribution in [0.25, 0.3) is 0 Å². The first-order chi connectivity index (χ1) is 10.2. The Morgan fingerprint density at radius 3 is 2.27 bits per heavy atom. The second-order valence-corrected chi connectivity index (χ2v) is 5.62. The largest absolute Gasteiger partial charge is 0.481 e. The smallest absolute Gasteiger partial charge is 0.319 e. The molecule has 0 spiro atoms. The molecule has 0 bridgehead atoms. The number of hydrogen-bond acceptors (Lipinski definition) is 3. The second-order valence-electron chi connectivity index (χ2n) is 5.62. The van der Waals surface area contributed by atoms with E-state index in [1.54, 1.807) is 38.1 Å². The van der Waals surface area contributed by atoms with Crippen LogP contribution in [-0.4, -0.2) is 28.6 Å². The summed E-state index contributed by atoms with van der Waals surface area (Å²) in [7, 11) is 0. The number of urea groups is 1. The first kappa shape index (κ1) is 17.5. The third-order valence-corrected chi connectivity index (χ3v) is 2.86. The highest BCUT2D eigenvalue weighted by Crippen LogP contribution is 2.16. The van der Waals surface area contributed by atoms with Crippen LogP contribution in [0.2, 0.25) is 0 Å². The Balaban J connectivity index is 2.61. The summed E-state index contributed by atoms with van der Waals surface area (Å²) < 4.78 is 0. The van der Waals surface area contributed by atoms with Gasteiger partial charge in [-0.1, -0.05) is 6.07 Å². The van der Waals surface area contributed by atoms with Crippen LogP contribution in [0.15, 0.2) is 24.3 Å². The van der Waals surface area contributed by atoms with Gasteiger partial charge in [0.05, 0.1) is 0 Å². The molecule has 4 N–H and O–H groups in total. The van der Waals surface area contributed by atoms with E-state index in [-0.39, 0.29) is 12.3 Å². The number of anilines is 2. The van der Waals surface area contributed by atoms with Crippen LogP contribution in [0.4, 0.5) is 16.2 Å². The molecule has 0 aliphatic rings. The molecule has 0 saturated heterocycles. The summed E-state index contributed by atoms with van der Waals surface area (Å²) in [6, 6.07) is 6.30. The number of carbonyl (C=O) groups is 3. The number of rotatable bonds is 6. The van der Waals surface area contributed by atoms with Gasteiger partial charge in [-0.3, -0.25) is 9.59 Å². The fourth-order valence-corrected chi connectivity index (χ4v) is 1.83. The molecule has 0 radical (unpaired) electrons. The van der Waals surface area contributed by atoms with E-state index in [0.717, 1.165) is 0 Å². The molecule has 1 aromatic carbocycles. The minimum absolute atomic E-state index is 0.0225. The molecule has 0 aliphatic heterocycles. The molecule has 1 aromatic rings. The second kappa shape index (κ2) is 7.44. The van der Waals surface area contributed by atoms with Crippen molar-refractivity contribution in [2.24, 2.45) is 0 Å². The number of aliphatic carboxylic acids is 1. The maximum atomic E-state index is 11.9. The summed E-state index contributed by atoms with van der Waals surface area (Å²) in [5, 5.41) is 16.7. The highest BCUT2D eigenvalue weighted by Gasteiger charge is 2.21. The van der Waals surface area contributed by atoms with E-state index >= 15 is 0 Å². The molecule has 22 heavy (non-hydrogen) atoms. The number of carboxylic acids is 1. The zero-order valence-corrected chi connectivity index (χ0v) is 12.9. The molecule has 7 nitrogen and oxygen atoms in total. The summed E-state index contributed by atoms with van der Waals surface area (Å²) in [6.07, 6.45) is 0.299. The van der Waals surface area contributed by atoms with Crippen molar-refractivity contribution >= 4 is 29.3 Å². The highest BCUT2D eigenvalue weighted by molar-refractivity contribution is 5.92. The minimum Gasteiger partial charge on any atom is -0.481 e. The van der Waals surface area contributed by atoms with Gasteiger partial charge in [0.2, 0.25) is 5.91 Å². The van der Waals surface area contributed by atoms with E-state index in [0.29, 0.717) is 17.8 Å². The molecule has 3 amide bonds. The van der Waals surface area contributed by atoms with Crippen LogP contribution in [0, 0.1) is 0 Å². The van der Waals surface area contributed by atoms with Crippen molar-refractivity contribution in [1.29, 1.82) is 0 Å². The zero-order valence-electron chi connectivity index (χ0n) is 12.9. The Kier molecular flexibility index (Phi) is 5.91. The Bertz CT molecular complexity index is 570. The van der Waals surface area contributed by atoms with Gasteiger partial charge in [-0.15, -0.1) is 0 Å². The molecule has 0 heterocycles. The summed E-state index contributed by atoms with van der Waals surface area (Å²) in [6.45, 7) is 4.91. The van der Waals surface area contributed by atoms with Gasteiger partial charge < -0.3 is 21.1 Å². The summed E-state index contributed by atoms with van der Waals surface area (Å²) >= 11 is 0. The van der Waals surface area contributed by atoms with Crippen molar-refractivity contribution in [2.75, 3.05) is 10.6 Å². The molecular weight excluding hydrogens is 286 g/mol. The Morgan fingerprint density at radius 2 is 1.73 bits per heavy atom. The Hall–Kier alpha value is -2.57. The molecular formula is C15H21N3O4. The van der Waals surface area contributed by atoms with Crippen LogP contribution in [0.5, 0.6) is 0 Å². The van der Waals surface area contributed by atoms with Gasteiger partial charge in [0.25, 0.3) is 0 Å². The number of carbonyl (C=O) groups excluding carboxylic acids is 2. The van der Waals surface area contributed by atoms with Gasteiger partial charge >= 0.3 is 12.0 Å². The van der Waals surface area contributed by atoms with Gasteiger partial charge in [-0.05, 0) is 38.5 Å². The number of amides is 3. The van der Waals surface area contributed by atoms with E-state index in [2.05, 4.69) is 16.0 Å². The molecule has 0 unspecified atom stereocenters. The van der Waals surface area contributed by atoms with Crippen LogP contribution >= 0.6 is 0 Å². The first-order valence-electron chi connectivity index (χ1n) is 6.86. The lowest BCUT2D eigenvalue weighted by Gasteiger charge is -2.25. The maximum Gasteiger partial charge on any atom is 0.319 e. The van der Waals surface area contributed by atoms with Gasteiger partial charge in [0, 0.05) is 30.3 Å². The van der Waals surface area contributed by atoms with E-state index < -0.39 is 17.5 Å². The molecule has 0 aromatic heterocycles. The van der Waals surface area contributed by atoms with E-state index in [9.17, 15) is 14.4 Å². The topological polar surface area (TPSA) is 108 Å². The number of hydrogen-bond donors (Lipinski definition) is 4. The molecule has 0 atom stereocenters. The minimum atomic E-state index is -0.904. The van der Waals surface area contributed by atoms with Crippen molar-refractivity contribution in [3.8, 4) is 0 Å². The predicted molar refractivity (Wildman–Crippen MR) is 83.8 cm³/mol. The fourth-order valence-electron chi connectivity index (χ4n) is 1.83. The monoisotopic (exact) mass is 307 g/mol. The molecule has 0 aliphatic carbocycles. The van der Waals surface area contributed by atoms with Crippen molar-refractivity contribution < 1.29 is 19.5 Å².